The van der Waals surface area contributed by atoms with Gasteiger partial charge in [0, 0.05) is 18.1 Å². The fraction of sp³-hybridized carbons (Fsp3) is 0.409. The number of esters is 2. The summed E-state index contributed by atoms with van der Waals surface area (Å²) in [6.45, 7) is 8.93. The lowest BCUT2D eigenvalue weighted by atomic mass is 9.99. The van der Waals surface area contributed by atoms with Crippen LogP contribution >= 0.6 is 0 Å². The number of fused-ring (bicyclic) bond motifs is 3. The van der Waals surface area contributed by atoms with Crippen molar-refractivity contribution in [1.29, 1.82) is 0 Å². The summed E-state index contributed by atoms with van der Waals surface area (Å²) in [7, 11) is 0. The second-order valence-electron chi connectivity index (χ2n) is 14.8. The van der Waals surface area contributed by atoms with E-state index >= 15 is 0 Å². The quantitative estimate of drug-likeness (QED) is 0.0566. The third kappa shape index (κ3) is 9.46. The predicted molar refractivity (Wildman–Crippen MR) is 199 cm³/mol. The van der Waals surface area contributed by atoms with Crippen molar-refractivity contribution in [2.45, 2.75) is 77.4 Å². The Kier molecular flexibility index (Phi) is 11.6. The SMILES string of the molecule is CC(CCOc1ccc(C(=O)Oc2ccc3c(c2)C(C)c2cc(OC(=O)c4ccc(OCCC(C)CCC5CO5)cc4F)ccc2-3)c(F)c1)CCC1CO1. The van der Waals surface area contributed by atoms with Crippen LogP contribution in [0.2, 0.25) is 0 Å². The number of benzene rings is 4. The standard InChI is InChI=1S/C44H46F2O8/c1-26(4-6-33-24-51-33)16-18-49-29-8-14-37(41(45)22-29)43(47)53-31-10-12-35-36-13-11-32(21-40(36)28(3)39(35)20-31)54-44(48)38-15-9-30(23-42(38)46)50-19-17-27(2)5-7-34-25-52-34/h8-15,20-23,26-28,33-34H,4-7,16-19,24-25H2,1-3H3. The highest BCUT2D eigenvalue weighted by Crippen LogP contribution is 2.47. The number of hydrogen-bond donors (Lipinski definition) is 0. The van der Waals surface area contributed by atoms with Crippen LogP contribution in [-0.4, -0.2) is 50.6 Å². The van der Waals surface area contributed by atoms with Crippen LogP contribution in [0.4, 0.5) is 8.78 Å². The average molecular weight is 741 g/mol. The summed E-state index contributed by atoms with van der Waals surface area (Å²) < 4.78 is 63.2. The van der Waals surface area contributed by atoms with Crippen molar-refractivity contribution in [3.05, 3.63) is 107 Å². The second kappa shape index (κ2) is 16.7. The van der Waals surface area contributed by atoms with Gasteiger partial charge in [-0.1, -0.05) is 32.9 Å². The molecule has 2 heterocycles. The number of rotatable bonds is 18. The topological polar surface area (TPSA) is 96.1 Å². The van der Waals surface area contributed by atoms with Gasteiger partial charge in [-0.15, -0.1) is 0 Å². The highest BCUT2D eigenvalue weighted by molar-refractivity contribution is 5.93. The van der Waals surface area contributed by atoms with Gasteiger partial charge in [-0.2, -0.15) is 0 Å². The molecule has 4 aromatic carbocycles. The molecular weight excluding hydrogens is 694 g/mol. The van der Waals surface area contributed by atoms with Crippen LogP contribution in [-0.2, 0) is 9.47 Å². The number of ether oxygens (including phenoxy) is 6. The molecule has 4 aromatic rings. The van der Waals surface area contributed by atoms with Gasteiger partial charge in [0.15, 0.2) is 0 Å². The third-order valence-corrected chi connectivity index (χ3v) is 10.5. The van der Waals surface area contributed by atoms with E-state index in [4.69, 9.17) is 28.4 Å². The maximum Gasteiger partial charge on any atom is 0.346 e. The zero-order valence-corrected chi connectivity index (χ0v) is 30.9. The molecule has 2 fully saturated rings. The molecule has 10 heteroatoms. The minimum atomic E-state index is -0.816. The van der Waals surface area contributed by atoms with E-state index in [0.717, 1.165) is 74.0 Å². The van der Waals surface area contributed by atoms with Crippen molar-refractivity contribution >= 4 is 11.9 Å². The Bertz CT molecular complexity index is 1850. The van der Waals surface area contributed by atoms with Crippen LogP contribution in [0.1, 0.15) is 97.1 Å². The number of carbonyl (C=O) groups is 2. The van der Waals surface area contributed by atoms with Crippen molar-refractivity contribution in [3.8, 4) is 34.1 Å². The van der Waals surface area contributed by atoms with Crippen molar-refractivity contribution in [2.24, 2.45) is 11.8 Å². The van der Waals surface area contributed by atoms with Crippen LogP contribution < -0.4 is 18.9 Å². The van der Waals surface area contributed by atoms with E-state index in [1.165, 1.54) is 24.3 Å². The Morgan fingerprint density at radius 2 is 1.04 bits per heavy atom. The number of epoxide rings is 2. The highest BCUT2D eigenvalue weighted by Gasteiger charge is 2.28. The maximum absolute atomic E-state index is 15.0. The Balaban J connectivity index is 0.917. The molecule has 54 heavy (non-hydrogen) atoms. The molecule has 1 aliphatic carbocycles. The smallest absolute Gasteiger partial charge is 0.346 e. The van der Waals surface area contributed by atoms with Gasteiger partial charge in [0.25, 0.3) is 0 Å². The molecule has 0 saturated carbocycles. The van der Waals surface area contributed by atoms with Gasteiger partial charge >= 0.3 is 11.9 Å². The summed E-state index contributed by atoms with van der Waals surface area (Å²) >= 11 is 0. The van der Waals surface area contributed by atoms with Crippen molar-refractivity contribution in [1.82, 2.24) is 0 Å². The van der Waals surface area contributed by atoms with E-state index in [-0.39, 0.29) is 28.5 Å². The van der Waals surface area contributed by atoms with Crippen LogP contribution in [0.3, 0.4) is 0 Å². The van der Waals surface area contributed by atoms with Gasteiger partial charge in [-0.25, -0.2) is 18.4 Å². The van der Waals surface area contributed by atoms with E-state index in [2.05, 4.69) is 13.8 Å². The average Bonchev–Trinajstić information content (AvgIpc) is 4.09. The van der Waals surface area contributed by atoms with E-state index in [1.807, 2.05) is 19.1 Å². The fourth-order valence-corrected chi connectivity index (χ4v) is 6.86. The highest BCUT2D eigenvalue weighted by atomic mass is 19.1. The van der Waals surface area contributed by atoms with E-state index in [1.54, 1.807) is 36.4 Å². The lowest BCUT2D eigenvalue weighted by Gasteiger charge is -2.13. The molecule has 4 atom stereocenters. The van der Waals surface area contributed by atoms with Crippen molar-refractivity contribution < 1.29 is 46.8 Å². The fourth-order valence-electron chi connectivity index (χ4n) is 6.86. The van der Waals surface area contributed by atoms with Crippen LogP contribution in [0.15, 0.2) is 72.8 Å². The monoisotopic (exact) mass is 740 g/mol. The zero-order valence-electron chi connectivity index (χ0n) is 30.9. The molecule has 2 saturated heterocycles. The van der Waals surface area contributed by atoms with Crippen molar-refractivity contribution in [3.63, 3.8) is 0 Å². The molecule has 0 radical (unpaired) electrons. The van der Waals surface area contributed by atoms with Gasteiger partial charge in [-0.05, 0) is 121 Å². The first-order valence-corrected chi connectivity index (χ1v) is 18.9. The minimum Gasteiger partial charge on any atom is -0.493 e. The number of hydrogen-bond acceptors (Lipinski definition) is 8. The van der Waals surface area contributed by atoms with Crippen molar-refractivity contribution in [2.75, 3.05) is 26.4 Å². The first-order valence-electron chi connectivity index (χ1n) is 18.9. The molecule has 0 N–H and O–H groups in total. The van der Waals surface area contributed by atoms with Crippen LogP contribution in [0, 0.1) is 23.5 Å². The molecule has 0 bridgehead atoms. The van der Waals surface area contributed by atoms with E-state index in [9.17, 15) is 18.4 Å². The lowest BCUT2D eigenvalue weighted by Crippen LogP contribution is -2.11. The maximum atomic E-state index is 15.0. The molecule has 0 amide bonds. The molecule has 284 valence electrons. The number of halogens is 2. The molecule has 0 spiro atoms. The predicted octanol–water partition coefficient (Wildman–Crippen LogP) is 9.70. The summed E-state index contributed by atoms with van der Waals surface area (Å²) in [6, 6.07) is 18.9. The third-order valence-electron chi connectivity index (χ3n) is 10.5. The van der Waals surface area contributed by atoms with Gasteiger partial charge in [-0.3, -0.25) is 0 Å². The molecule has 4 unspecified atom stereocenters. The Morgan fingerprint density at radius 1 is 0.630 bits per heavy atom. The molecule has 8 nitrogen and oxygen atoms in total. The lowest BCUT2D eigenvalue weighted by molar-refractivity contribution is 0.0719. The Labute approximate surface area is 314 Å². The summed E-state index contributed by atoms with van der Waals surface area (Å²) in [5, 5.41) is 0. The molecule has 2 aliphatic heterocycles. The van der Waals surface area contributed by atoms with Gasteiger partial charge in [0.2, 0.25) is 0 Å². The first-order chi connectivity index (χ1) is 26.1. The molecule has 3 aliphatic rings. The Morgan fingerprint density at radius 3 is 1.43 bits per heavy atom. The zero-order chi connectivity index (χ0) is 37.8. The largest absolute Gasteiger partial charge is 0.493 e. The molecule has 7 rings (SSSR count). The normalized spacial score (nSPS) is 18.9. The summed E-state index contributed by atoms with van der Waals surface area (Å²) in [6.07, 6.45) is 6.72. The molecule has 0 aromatic heterocycles. The van der Waals surface area contributed by atoms with Crippen LogP contribution in [0.25, 0.3) is 11.1 Å². The van der Waals surface area contributed by atoms with Gasteiger partial charge in [0.05, 0.1) is 49.8 Å². The summed E-state index contributed by atoms with van der Waals surface area (Å²) in [5.41, 5.74) is 3.28. The minimum absolute atomic E-state index is 0.136. The summed E-state index contributed by atoms with van der Waals surface area (Å²) in [5.74, 6) is -1.01. The first kappa shape index (κ1) is 37.5. The van der Waals surface area contributed by atoms with E-state index < -0.39 is 23.6 Å². The number of carbonyl (C=O) groups excluding carboxylic acids is 2. The van der Waals surface area contributed by atoms with Crippen LogP contribution in [0.5, 0.6) is 23.0 Å². The Hall–Kier alpha value is -4.80. The van der Waals surface area contributed by atoms with E-state index in [0.29, 0.717) is 48.8 Å². The molecular formula is C44H46F2O8. The summed E-state index contributed by atoms with van der Waals surface area (Å²) in [4.78, 5) is 26.0. The second-order valence-corrected chi connectivity index (χ2v) is 14.8. The van der Waals surface area contributed by atoms with Gasteiger partial charge < -0.3 is 28.4 Å². The van der Waals surface area contributed by atoms with Gasteiger partial charge in [0.1, 0.15) is 34.6 Å².